The third-order valence-corrected chi connectivity index (χ3v) is 3.58. The average molecular weight is 336 g/mol. The third-order valence-electron chi connectivity index (χ3n) is 2.83. The summed E-state index contributed by atoms with van der Waals surface area (Å²) in [6, 6.07) is 13.4. The molecule has 2 aromatic carbocycles. The van der Waals surface area contributed by atoms with Crippen LogP contribution in [0.15, 0.2) is 46.9 Å². The largest absolute Gasteiger partial charge is 0.494 e. The van der Waals surface area contributed by atoms with Crippen molar-refractivity contribution in [2.45, 2.75) is 20.0 Å². The number of nitrogens with two attached hydrogens (primary N) is 1. The highest BCUT2D eigenvalue weighted by molar-refractivity contribution is 9.10. The van der Waals surface area contributed by atoms with Gasteiger partial charge in [0, 0.05) is 15.7 Å². The third kappa shape index (κ3) is 3.90. The average Bonchev–Trinajstić information content (AvgIpc) is 2.46. The van der Waals surface area contributed by atoms with Gasteiger partial charge < -0.3 is 15.2 Å². The maximum atomic E-state index is 5.93. The highest BCUT2D eigenvalue weighted by Crippen LogP contribution is 2.25. The quantitative estimate of drug-likeness (QED) is 0.795. The second kappa shape index (κ2) is 7.20. The topological polar surface area (TPSA) is 44.5 Å². The fourth-order valence-corrected chi connectivity index (χ4v) is 2.23. The van der Waals surface area contributed by atoms with Gasteiger partial charge in [0.1, 0.15) is 18.1 Å². The fraction of sp³-hybridized carbons (Fsp3) is 0.250. The Kier molecular flexibility index (Phi) is 5.30. The number of nitrogen functional groups attached to an aromatic ring is 1. The van der Waals surface area contributed by atoms with Gasteiger partial charge in [-0.25, -0.2) is 0 Å². The Bertz CT molecular complexity index is 535. The highest BCUT2D eigenvalue weighted by Gasteiger charge is 2.05. The van der Waals surface area contributed by atoms with Crippen molar-refractivity contribution in [3.8, 4) is 11.5 Å². The minimum Gasteiger partial charge on any atom is -0.494 e. The van der Waals surface area contributed by atoms with Crippen molar-refractivity contribution in [2.75, 3.05) is 12.3 Å². The predicted octanol–water partition coefficient (Wildman–Crippen LogP) is 4.40. The van der Waals surface area contributed by atoms with Crippen molar-refractivity contribution in [3.63, 3.8) is 0 Å². The summed E-state index contributed by atoms with van der Waals surface area (Å²) in [5.74, 6) is 1.66. The van der Waals surface area contributed by atoms with Crippen LogP contribution in [0.5, 0.6) is 11.5 Å². The summed E-state index contributed by atoms with van der Waals surface area (Å²) in [7, 11) is 0. The fourth-order valence-electron chi connectivity index (χ4n) is 1.74. The Morgan fingerprint density at radius 3 is 2.25 bits per heavy atom. The summed E-state index contributed by atoms with van der Waals surface area (Å²) < 4.78 is 12.2. The lowest BCUT2D eigenvalue weighted by atomic mass is 10.2. The molecule has 3 nitrogen and oxygen atoms in total. The van der Waals surface area contributed by atoms with Crippen LogP contribution in [0.1, 0.15) is 18.9 Å². The van der Waals surface area contributed by atoms with E-state index in [-0.39, 0.29) is 0 Å². The van der Waals surface area contributed by atoms with Crippen LogP contribution in [0, 0.1) is 0 Å². The van der Waals surface area contributed by atoms with Crippen molar-refractivity contribution in [1.82, 2.24) is 0 Å². The van der Waals surface area contributed by atoms with Crippen LogP contribution in [0.2, 0.25) is 0 Å². The van der Waals surface area contributed by atoms with E-state index in [9.17, 15) is 0 Å². The minimum atomic E-state index is 0.433. The molecule has 0 unspecified atom stereocenters. The van der Waals surface area contributed by atoms with E-state index in [1.807, 2.05) is 42.5 Å². The normalized spacial score (nSPS) is 10.3. The number of hydrogen-bond donors (Lipinski definition) is 1. The van der Waals surface area contributed by atoms with E-state index < -0.39 is 0 Å². The highest BCUT2D eigenvalue weighted by atomic mass is 79.9. The van der Waals surface area contributed by atoms with Crippen molar-refractivity contribution < 1.29 is 9.47 Å². The number of ether oxygens (including phenoxy) is 2. The number of halogens is 1. The summed E-state index contributed by atoms with van der Waals surface area (Å²) in [5.41, 5.74) is 7.62. The first kappa shape index (κ1) is 14.7. The van der Waals surface area contributed by atoms with Gasteiger partial charge in [-0.05, 0) is 42.8 Å². The van der Waals surface area contributed by atoms with Gasteiger partial charge >= 0.3 is 0 Å². The Morgan fingerprint density at radius 1 is 1.00 bits per heavy atom. The van der Waals surface area contributed by atoms with Crippen LogP contribution in [0.25, 0.3) is 0 Å². The molecule has 0 spiro atoms. The minimum absolute atomic E-state index is 0.433. The van der Waals surface area contributed by atoms with Gasteiger partial charge in [-0.1, -0.05) is 28.9 Å². The second-order valence-corrected chi connectivity index (χ2v) is 5.27. The Balaban J connectivity index is 1.97. The van der Waals surface area contributed by atoms with Crippen LogP contribution < -0.4 is 15.2 Å². The van der Waals surface area contributed by atoms with E-state index in [0.717, 1.165) is 40.3 Å². The zero-order valence-electron chi connectivity index (χ0n) is 11.4. The van der Waals surface area contributed by atoms with Crippen LogP contribution in [0.4, 0.5) is 5.69 Å². The van der Waals surface area contributed by atoms with Crippen molar-refractivity contribution >= 4 is 21.6 Å². The van der Waals surface area contributed by atoms with Gasteiger partial charge in [-0.2, -0.15) is 0 Å². The zero-order chi connectivity index (χ0) is 14.4. The van der Waals surface area contributed by atoms with Gasteiger partial charge in [0.05, 0.1) is 6.61 Å². The number of hydrogen-bond acceptors (Lipinski definition) is 3. The SMILES string of the molecule is CCCOc1ccc(OCc2c(N)cccc2Br)cc1. The second-order valence-electron chi connectivity index (χ2n) is 4.42. The first-order chi connectivity index (χ1) is 9.70. The van der Waals surface area contributed by atoms with E-state index in [0.29, 0.717) is 6.61 Å². The molecule has 0 aliphatic heterocycles. The summed E-state index contributed by atoms with van der Waals surface area (Å²) in [5, 5.41) is 0. The molecule has 106 valence electrons. The zero-order valence-corrected chi connectivity index (χ0v) is 13.0. The van der Waals surface area contributed by atoms with Crippen molar-refractivity contribution in [1.29, 1.82) is 0 Å². The molecule has 0 heterocycles. The van der Waals surface area contributed by atoms with Crippen LogP contribution in [-0.2, 0) is 6.61 Å². The molecule has 0 aliphatic rings. The molecule has 0 saturated heterocycles. The van der Waals surface area contributed by atoms with Gasteiger partial charge in [0.15, 0.2) is 0 Å². The molecule has 0 aliphatic carbocycles. The van der Waals surface area contributed by atoms with Crippen LogP contribution in [0.3, 0.4) is 0 Å². The van der Waals surface area contributed by atoms with E-state index in [1.165, 1.54) is 0 Å². The summed E-state index contributed by atoms with van der Waals surface area (Å²) in [6.45, 7) is 3.25. The maximum absolute atomic E-state index is 5.93. The monoisotopic (exact) mass is 335 g/mol. The first-order valence-corrected chi connectivity index (χ1v) is 7.38. The van der Waals surface area contributed by atoms with Gasteiger partial charge in [0.2, 0.25) is 0 Å². The molecule has 2 aromatic rings. The molecule has 0 aromatic heterocycles. The number of rotatable bonds is 6. The molecule has 20 heavy (non-hydrogen) atoms. The molecule has 0 bridgehead atoms. The summed E-state index contributed by atoms with van der Waals surface area (Å²) in [4.78, 5) is 0. The van der Waals surface area contributed by atoms with Crippen LogP contribution >= 0.6 is 15.9 Å². The summed E-state index contributed by atoms with van der Waals surface area (Å²) >= 11 is 3.48. The van der Waals surface area contributed by atoms with E-state index in [2.05, 4.69) is 22.9 Å². The molecule has 2 N–H and O–H groups in total. The van der Waals surface area contributed by atoms with Crippen molar-refractivity contribution in [2.24, 2.45) is 0 Å². The van der Waals surface area contributed by atoms with E-state index >= 15 is 0 Å². The Hall–Kier alpha value is -1.68. The summed E-state index contributed by atoms with van der Waals surface area (Å²) in [6.07, 6.45) is 1.000. The van der Waals surface area contributed by atoms with E-state index in [1.54, 1.807) is 0 Å². The lowest BCUT2D eigenvalue weighted by molar-refractivity contribution is 0.301. The first-order valence-electron chi connectivity index (χ1n) is 6.59. The molecule has 0 radical (unpaired) electrons. The maximum Gasteiger partial charge on any atom is 0.120 e. The standard InChI is InChI=1S/C16H18BrNO2/c1-2-10-19-12-6-8-13(9-7-12)20-11-14-15(17)4-3-5-16(14)18/h3-9H,2,10-11,18H2,1H3. The predicted molar refractivity (Wildman–Crippen MR) is 85.1 cm³/mol. The van der Waals surface area contributed by atoms with Crippen molar-refractivity contribution in [3.05, 3.63) is 52.5 Å². The smallest absolute Gasteiger partial charge is 0.120 e. The molecular formula is C16H18BrNO2. The molecule has 2 rings (SSSR count). The molecule has 0 amide bonds. The van der Waals surface area contributed by atoms with Crippen LogP contribution in [-0.4, -0.2) is 6.61 Å². The van der Waals surface area contributed by atoms with Gasteiger partial charge in [0.25, 0.3) is 0 Å². The molecule has 0 fully saturated rings. The lowest BCUT2D eigenvalue weighted by Gasteiger charge is -2.11. The molecule has 0 saturated carbocycles. The Morgan fingerprint density at radius 2 is 1.65 bits per heavy atom. The number of anilines is 1. The molecule has 4 heteroatoms. The molecular weight excluding hydrogens is 318 g/mol. The van der Waals surface area contributed by atoms with E-state index in [4.69, 9.17) is 15.2 Å². The number of benzene rings is 2. The van der Waals surface area contributed by atoms with Gasteiger partial charge in [-0.15, -0.1) is 0 Å². The molecule has 0 atom stereocenters. The Labute approximate surface area is 127 Å². The van der Waals surface area contributed by atoms with Gasteiger partial charge in [-0.3, -0.25) is 0 Å². The lowest BCUT2D eigenvalue weighted by Crippen LogP contribution is -2.01.